The number of hydrogen-bond acceptors (Lipinski definition) is 3. The van der Waals surface area contributed by atoms with Crippen LogP contribution in [0.4, 0.5) is 4.39 Å². The summed E-state index contributed by atoms with van der Waals surface area (Å²) in [6.45, 7) is 2.30. The average molecular weight is 286 g/mol. The van der Waals surface area contributed by atoms with Crippen LogP contribution in [0.1, 0.15) is 26.2 Å². The number of benzene rings is 1. The summed E-state index contributed by atoms with van der Waals surface area (Å²) < 4.78 is 39.5. The maximum atomic E-state index is 12.9. The summed E-state index contributed by atoms with van der Waals surface area (Å²) in [4.78, 5) is 0.126. The third-order valence-corrected chi connectivity index (χ3v) is 5.46. The van der Waals surface area contributed by atoms with Crippen molar-refractivity contribution in [3.63, 3.8) is 0 Å². The monoisotopic (exact) mass is 286 g/mol. The van der Waals surface area contributed by atoms with Gasteiger partial charge in [0.25, 0.3) is 0 Å². The van der Waals surface area contributed by atoms with Gasteiger partial charge in [-0.1, -0.05) is 6.42 Å². The Labute approximate surface area is 113 Å². The molecule has 1 aliphatic rings. The standard InChI is InChI=1S/C13H19FN2O2S/c1-10(15)13-4-2-3-9-16(13)19(17,18)12-7-5-11(14)6-8-12/h5-8,10,13H,2-4,9,15H2,1H3. The van der Waals surface area contributed by atoms with E-state index < -0.39 is 15.8 Å². The molecule has 1 heterocycles. The molecule has 0 radical (unpaired) electrons. The van der Waals surface area contributed by atoms with E-state index >= 15 is 0 Å². The Hall–Kier alpha value is -0.980. The molecule has 0 bridgehead atoms. The molecule has 1 saturated heterocycles. The molecular formula is C13H19FN2O2S. The SMILES string of the molecule is CC(N)C1CCCCN1S(=O)(=O)c1ccc(F)cc1. The van der Waals surface area contributed by atoms with E-state index in [2.05, 4.69) is 0 Å². The van der Waals surface area contributed by atoms with Gasteiger partial charge in [-0.05, 0) is 44.0 Å². The highest BCUT2D eigenvalue weighted by atomic mass is 32.2. The van der Waals surface area contributed by atoms with E-state index in [0.29, 0.717) is 6.54 Å². The molecular weight excluding hydrogens is 267 g/mol. The van der Waals surface area contributed by atoms with Crippen LogP contribution in [-0.4, -0.2) is 31.4 Å². The van der Waals surface area contributed by atoms with Crippen LogP contribution in [0.2, 0.25) is 0 Å². The summed E-state index contributed by atoms with van der Waals surface area (Å²) in [7, 11) is -3.59. The van der Waals surface area contributed by atoms with Crippen LogP contribution in [0.5, 0.6) is 0 Å². The largest absolute Gasteiger partial charge is 0.326 e. The molecule has 1 aliphatic heterocycles. The first kappa shape index (κ1) is 14.4. The number of hydrogen-bond donors (Lipinski definition) is 1. The van der Waals surface area contributed by atoms with Crippen molar-refractivity contribution in [3.05, 3.63) is 30.1 Å². The van der Waals surface area contributed by atoms with Crippen molar-refractivity contribution in [3.8, 4) is 0 Å². The number of nitrogens with two attached hydrogens (primary N) is 1. The molecule has 2 unspecified atom stereocenters. The lowest BCUT2D eigenvalue weighted by atomic mass is 10.00. The zero-order valence-corrected chi connectivity index (χ0v) is 11.7. The number of sulfonamides is 1. The lowest BCUT2D eigenvalue weighted by Crippen LogP contribution is -2.51. The molecule has 0 aromatic heterocycles. The molecule has 1 fully saturated rings. The summed E-state index contributed by atoms with van der Waals surface area (Å²) in [5.74, 6) is -0.443. The van der Waals surface area contributed by atoms with Gasteiger partial charge in [-0.3, -0.25) is 0 Å². The average Bonchev–Trinajstić information content (AvgIpc) is 2.39. The highest BCUT2D eigenvalue weighted by molar-refractivity contribution is 7.89. The van der Waals surface area contributed by atoms with Crippen molar-refractivity contribution >= 4 is 10.0 Å². The molecule has 6 heteroatoms. The third-order valence-electron chi connectivity index (χ3n) is 3.53. The third kappa shape index (κ3) is 2.96. The Morgan fingerprint density at radius 3 is 2.53 bits per heavy atom. The van der Waals surface area contributed by atoms with Crippen molar-refractivity contribution in [2.24, 2.45) is 5.73 Å². The molecule has 2 rings (SSSR count). The van der Waals surface area contributed by atoms with Crippen molar-refractivity contribution in [2.75, 3.05) is 6.54 Å². The predicted octanol–water partition coefficient (Wildman–Crippen LogP) is 1.72. The van der Waals surface area contributed by atoms with E-state index in [1.54, 1.807) is 0 Å². The van der Waals surface area contributed by atoms with Crippen LogP contribution in [0, 0.1) is 5.82 Å². The van der Waals surface area contributed by atoms with Gasteiger partial charge in [-0.25, -0.2) is 12.8 Å². The Kier molecular flexibility index (Phi) is 4.23. The minimum absolute atomic E-state index is 0.126. The Morgan fingerprint density at radius 2 is 1.95 bits per heavy atom. The van der Waals surface area contributed by atoms with E-state index in [9.17, 15) is 12.8 Å². The van der Waals surface area contributed by atoms with Crippen LogP contribution >= 0.6 is 0 Å². The molecule has 1 aromatic carbocycles. The zero-order chi connectivity index (χ0) is 14.0. The molecule has 1 aromatic rings. The van der Waals surface area contributed by atoms with Gasteiger partial charge in [0.05, 0.1) is 4.90 Å². The van der Waals surface area contributed by atoms with E-state index in [0.717, 1.165) is 31.4 Å². The fourth-order valence-corrected chi connectivity index (χ4v) is 4.27. The van der Waals surface area contributed by atoms with Gasteiger partial charge in [-0.15, -0.1) is 0 Å². The highest BCUT2D eigenvalue weighted by Crippen LogP contribution is 2.26. The van der Waals surface area contributed by atoms with Crippen molar-refractivity contribution < 1.29 is 12.8 Å². The first-order valence-corrected chi connectivity index (χ1v) is 7.90. The first-order chi connectivity index (χ1) is 8.93. The Balaban J connectivity index is 2.34. The summed E-state index contributed by atoms with van der Waals surface area (Å²) in [5, 5.41) is 0. The maximum Gasteiger partial charge on any atom is 0.243 e. The van der Waals surface area contributed by atoms with E-state index in [1.807, 2.05) is 6.92 Å². The lowest BCUT2D eigenvalue weighted by Gasteiger charge is -2.36. The molecule has 4 nitrogen and oxygen atoms in total. The van der Waals surface area contributed by atoms with Gasteiger partial charge < -0.3 is 5.73 Å². The normalized spacial score (nSPS) is 23.2. The number of rotatable bonds is 3. The molecule has 0 spiro atoms. The molecule has 2 N–H and O–H groups in total. The van der Waals surface area contributed by atoms with Crippen LogP contribution < -0.4 is 5.73 Å². The predicted molar refractivity (Wildman–Crippen MR) is 71.6 cm³/mol. The molecule has 0 amide bonds. The van der Waals surface area contributed by atoms with Crippen LogP contribution in [-0.2, 0) is 10.0 Å². The second-order valence-electron chi connectivity index (χ2n) is 4.99. The van der Waals surface area contributed by atoms with Gasteiger partial charge in [0, 0.05) is 18.6 Å². The van der Waals surface area contributed by atoms with Crippen LogP contribution in [0.15, 0.2) is 29.2 Å². The van der Waals surface area contributed by atoms with Gasteiger partial charge >= 0.3 is 0 Å². The van der Waals surface area contributed by atoms with Crippen molar-refractivity contribution in [1.82, 2.24) is 4.31 Å². The maximum absolute atomic E-state index is 12.9. The summed E-state index contributed by atoms with van der Waals surface area (Å²) in [5.41, 5.74) is 5.89. The fourth-order valence-electron chi connectivity index (χ4n) is 2.50. The molecule has 0 saturated carbocycles. The number of halogens is 1. The number of piperidine rings is 1. The van der Waals surface area contributed by atoms with E-state index in [-0.39, 0.29) is 17.0 Å². The van der Waals surface area contributed by atoms with E-state index in [4.69, 9.17) is 5.73 Å². The first-order valence-electron chi connectivity index (χ1n) is 6.46. The summed E-state index contributed by atoms with van der Waals surface area (Å²) in [6, 6.07) is 4.55. The summed E-state index contributed by atoms with van der Waals surface area (Å²) in [6.07, 6.45) is 2.60. The topological polar surface area (TPSA) is 63.4 Å². The molecule has 2 atom stereocenters. The Morgan fingerprint density at radius 1 is 1.32 bits per heavy atom. The number of nitrogens with zero attached hydrogens (tertiary/aromatic N) is 1. The zero-order valence-electron chi connectivity index (χ0n) is 10.9. The minimum Gasteiger partial charge on any atom is -0.326 e. The highest BCUT2D eigenvalue weighted by Gasteiger charge is 2.35. The van der Waals surface area contributed by atoms with Gasteiger partial charge in [0.2, 0.25) is 10.0 Å². The second-order valence-corrected chi connectivity index (χ2v) is 6.88. The van der Waals surface area contributed by atoms with Gasteiger partial charge in [-0.2, -0.15) is 4.31 Å². The van der Waals surface area contributed by atoms with Crippen molar-refractivity contribution in [1.29, 1.82) is 0 Å². The van der Waals surface area contributed by atoms with E-state index in [1.165, 1.54) is 16.4 Å². The molecule has 0 aliphatic carbocycles. The molecule has 19 heavy (non-hydrogen) atoms. The lowest BCUT2D eigenvalue weighted by molar-refractivity contribution is 0.227. The summed E-state index contributed by atoms with van der Waals surface area (Å²) >= 11 is 0. The van der Waals surface area contributed by atoms with Crippen molar-refractivity contribution in [2.45, 2.75) is 43.2 Å². The quantitative estimate of drug-likeness (QED) is 0.920. The Bertz CT molecular complexity index is 528. The minimum atomic E-state index is -3.59. The van der Waals surface area contributed by atoms with Crippen LogP contribution in [0.25, 0.3) is 0 Å². The second kappa shape index (κ2) is 5.56. The van der Waals surface area contributed by atoms with Crippen LogP contribution in [0.3, 0.4) is 0 Å². The fraction of sp³-hybridized carbons (Fsp3) is 0.538. The molecule has 106 valence electrons. The van der Waals surface area contributed by atoms with Gasteiger partial charge in [0.1, 0.15) is 5.82 Å². The van der Waals surface area contributed by atoms with Gasteiger partial charge in [0.15, 0.2) is 0 Å². The smallest absolute Gasteiger partial charge is 0.243 e.